The molecule has 3 amide bonds. The molecule has 1 aromatic carbocycles. The number of H-pyrrole nitrogens is 1. The normalized spacial score (nSPS) is 18.4. The Morgan fingerprint density at radius 2 is 1.97 bits per heavy atom. The Bertz CT molecular complexity index is 1050. The lowest BCUT2D eigenvalue weighted by atomic mass is 10.0. The largest absolute Gasteiger partial charge is 0.361 e. The minimum absolute atomic E-state index is 0.0284. The lowest BCUT2D eigenvalue weighted by Gasteiger charge is -2.25. The highest BCUT2D eigenvalue weighted by molar-refractivity contribution is 8.14. The van der Waals surface area contributed by atoms with Crippen molar-refractivity contribution in [2.45, 2.75) is 44.6 Å². The first kappa shape index (κ1) is 24.3. The number of carbonyl (C=O) groups excluding carboxylic acids is 3. The van der Waals surface area contributed by atoms with E-state index in [1.807, 2.05) is 38.1 Å². The van der Waals surface area contributed by atoms with E-state index in [0.717, 1.165) is 22.7 Å². The van der Waals surface area contributed by atoms with Crippen LogP contribution in [0.15, 0.2) is 30.5 Å². The third-order valence-electron chi connectivity index (χ3n) is 5.13. The highest BCUT2D eigenvalue weighted by Gasteiger charge is 2.35. The van der Waals surface area contributed by atoms with Gasteiger partial charge in [-0.15, -0.1) is 0 Å². The summed E-state index contributed by atoms with van der Waals surface area (Å²) < 4.78 is 12.2. The summed E-state index contributed by atoms with van der Waals surface area (Å²) in [6.07, 6.45) is 1.84. The van der Waals surface area contributed by atoms with Crippen molar-refractivity contribution in [1.82, 2.24) is 20.9 Å². The Morgan fingerprint density at radius 3 is 2.59 bits per heavy atom. The van der Waals surface area contributed by atoms with Gasteiger partial charge in [0.05, 0.1) is 0 Å². The maximum absolute atomic E-state index is 13.0. The molecule has 3 atom stereocenters. The highest BCUT2D eigenvalue weighted by Crippen LogP contribution is 2.42. The van der Waals surface area contributed by atoms with E-state index in [1.165, 1.54) is 0 Å². The second-order valence-electron chi connectivity index (χ2n) is 8.16. The van der Waals surface area contributed by atoms with Crippen LogP contribution < -0.4 is 16.0 Å². The Kier molecular flexibility index (Phi) is 7.66. The van der Waals surface area contributed by atoms with Gasteiger partial charge in [0, 0.05) is 29.3 Å². The van der Waals surface area contributed by atoms with Crippen LogP contribution in [-0.2, 0) is 20.6 Å². The third kappa shape index (κ3) is 6.13. The van der Waals surface area contributed by atoms with E-state index in [1.54, 1.807) is 6.20 Å². The summed E-state index contributed by atoms with van der Waals surface area (Å²) in [5.74, 6) is -2.36. The number of aromatic amines is 1. The van der Waals surface area contributed by atoms with Crippen LogP contribution in [0.25, 0.3) is 10.9 Å². The number of nitrogens with one attached hydrogen (secondary N) is 4. The number of amides is 3. The van der Waals surface area contributed by atoms with Crippen molar-refractivity contribution in [3.05, 3.63) is 36.0 Å². The lowest BCUT2D eigenvalue weighted by Crippen LogP contribution is -2.54. The highest BCUT2D eigenvalue weighted by atomic mass is 32.2. The lowest BCUT2D eigenvalue weighted by molar-refractivity contribution is -0.130. The zero-order valence-electron chi connectivity index (χ0n) is 17.7. The van der Waals surface area contributed by atoms with Crippen LogP contribution in [0.3, 0.4) is 0 Å². The topological polar surface area (TPSA) is 161 Å². The Labute approximate surface area is 189 Å². The predicted molar refractivity (Wildman–Crippen MR) is 122 cm³/mol. The van der Waals surface area contributed by atoms with Crippen molar-refractivity contribution >= 4 is 47.3 Å². The molecule has 0 unspecified atom stereocenters. The van der Waals surface area contributed by atoms with Crippen molar-refractivity contribution < 1.29 is 28.7 Å². The summed E-state index contributed by atoms with van der Waals surface area (Å²) in [6.45, 7) is 3.73. The molecule has 1 aliphatic heterocycles. The van der Waals surface area contributed by atoms with Crippen molar-refractivity contribution in [3.63, 3.8) is 0 Å². The van der Waals surface area contributed by atoms with Crippen LogP contribution in [-0.4, -0.2) is 55.4 Å². The molecule has 1 aromatic heterocycles. The summed E-state index contributed by atoms with van der Waals surface area (Å²) in [4.78, 5) is 59.7. The fraction of sp³-hybridized carbons (Fsp3) is 0.450. The van der Waals surface area contributed by atoms with E-state index in [9.17, 15) is 28.7 Å². The Morgan fingerprint density at radius 1 is 1.25 bits per heavy atom. The number of thioether (sulfide) groups is 1. The molecule has 32 heavy (non-hydrogen) atoms. The molecule has 174 valence electrons. The smallest absolute Gasteiger partial charge is 0.347 e. The van der Waals surface area contributed by atoms with Crippen LogP contribution >= 0.6 is 19.4 Å². The van der Waals surface area contributed by atoms with Gasteiger partial charge in [-0.25, -0.2) is 0 Å². The molecule has 1 fully saturated rings. The van der Waals surface area contributed by atoms with Gasteiger partial charge in [0.15, 0.2) is 0 Å². The van der Waals surface area contributed by atoms with Crippen molar-refractivity contribution in [1.29, 1.82) is 0 Å². The number of rotatable bonds is 9. The van der Waals surface area contributed by atoms with Gasteiger partial charge in [0.2, 0.25) is 11.8 Å². The Hall–Kier alpha value is -2.33. The molecule has 0 aliphatic carbocycles. The molecule has 0 spiro atoms. The molecule has 0 bridgehead atoms. The molecule has 1 aliphatic rings. The molecule has 0 radical (unpaired) electrons. The standard InChI is InChI=1S/C20H27N4O6PS/c1-11(2)7-15(22-19(26)16-10-32-20(27)23-16)18(25)24-17(31(28,29)30)8-12-9-21-14-6-4-3-5-13(12)14/h3-6,9,11,15-17,21H,7-8,10H2,1-2H3,(H,22,26)(H,23,27)(H,24,25)(H2,28,29,30)/t15-,16-,17+/m0/s1. The number of carbonyl (C=O) groups is 3. The average molecular weight is 482 g/mol. The van der Waals surface area contributed by atoms with E-state index in [4.69, 9.17) is 0 Å². The SMILES string of the molecule is CC(C)C[C@H](NC(=O)[C@@H]1CSC(=O)N1)C(=O)N[C@@H](Cc1c[nH]c2ccccc12)P(=O)(O)O. The van der Waals surface area contributed by atoms with Gasteiger partial charge in [0.1, 0.15) is 17.9 Å². The minimum atomic E-state index is -4.70. The molecule has 2 heterocycles. The van der Waals surface area contributed by atoms with Gasteiger partial charge in [-0.1, -0.05) is 43.8 Å². The van der Waals surface area contributed by atoms with Gasteiger partial charge in [0.25, 0.3) is 5.24 Å². The Balaban J connectivity index is 1.75. The molecule has 6 N–H and O–H groups in total. The second-order valence-corrected chi connectivity index (χ2v) is 11.0. The minimum Gasteiger partial charge on any atom is -0.361 e. The van der Waals surface area contributed by atoms with Crippen LogP contribution in [0.5, 0.6) is 0 Å². The monoisotopic (exact) mass is 482 g/mol. The summed E-state index contributed by atoms with van der Waals surface area (Å²) in [7, 11) is -4.70. The summed E-state index contributed by atoms with van der Waals surface area (Å²) in [6, 6.07) is 5.59. The van der Waals surface area contributed by atoms with Gasteiger partial charge >= 0.3 is 7.60 Å². The second kappa shape index (κ2) is 10.1. The van der Waals surface area contributed by atoms with Crippen LogP contribution in [0, 0.1) is 5.92 Å². The molecule has 12 heteroatoms. The molecule has 2 aromatic rings. The zero-order chi connectivity index (χ0) is 23.5. The van der Waals surface area contributed by atoms with Gasteiger partial charge in [-0.05, 0) is 24.0 Å². The fourth-order valence-corrected chi connectivity index (χ4v) is 5.04. The number of aromatic nitrogens is 1. The number of hydrogen-bond donors (Lipinski definition) is 6. The van der Waals surface area contributed by atoms with Gasteiger partial charge in [-0.2, -0.15) is 0 Å². The molecule has 3 rings (SSSR count). The molecule has 1 saturated heterocycles. The summed E-state index contributed by atoms with van der Waals surface area (Å²) in [5, 5.41) is 8.08. The van der Waals surface area contributed by atoms with E-state index in [2.05, 4.69) is 20.9 Å². The number of para-hydroxylation sites is 1. The predicted octanol–water partition coefficient (Wildman–Crippen LogP) is 1.69. The quantitative estimate of drug-likeness (QED) is 0.297. The zero-order valence-corrected chi connectivity index (χ0v) is 19.4. The van der Waals surface area contributed by atoms with Gasteiger partial charge < -0.3 is 30.7 Å². The maximum atomic E-state index is 13.0. The fourth-order valence-electron chi connectivity index (χ4n) is 3.53. The summed E-state index contributed by atoms with van der Waals surface area (Å²) >= 11 is 0.983. The van der Waals surface area contributed by atoms with Crippen LogP contribution in [0.2, 0.25) is 0 Å². The van der Waals surface area contributed by atoms with E-state index < -0.39 is 37.3 Å². The molecular weight excluding hydrogens is 455 g/mol. The number of hydrogen-bond acceptors (Lipinski definition) is 5. The molecule has 10 nitrogen and oxygen atoms in total. The third-order valence-corrected chi connectivity index (χ3v) is 7.14. The number of fused-ring (bicyclic) bond motifs is 1. The first-order valence-electron chi connectivity index (χ1n) is 10.2. The molecular formula is C20H27N4O6PS. The van der Waals surface area contributed by atoms with Crippen molar-refractivity contribution in [2.75, 3.05) is 5.75 Å². The average Bonchev–Trinajstić information content (AvgIpc) is 3.32. The van der Waals surface area contributed by atoms with Crippen molar-refractivity contribution in [3.8, 4) is 0 Å². The van der Waals surface area contributed by atoms with E-state index >= 15 is 0 Å². The van der Waals surface area contributed by atoms with E-state index in [0.29, 0.717) is 5.56 Å². The summed E-state index contributed by atoms with van der Waals surface area (Å²) in [5.41, 5.74) is 1.48. The van der Waals surface area contributed by atoms with Crippen molar-refractivity contribution in [2.24, 2.45) is 5.92 Å². The first-order chi connectivity index (χ1) is 15.0. The van der Waals surface area contributed by atoms with E-state index in [-0.39, 0.29) is 29.8 Å². The first-order valence-corrected chi connectivity index (χ1v) is 12.9. The van der Waals surface area contributed by atoms with Crippen LogP contribution in [0.4, 0.5) is 4.79 Å². The van der Waals surface area contributed by atoms with Crippen LogP contribution in [0.1, 0.15) is 25.8 Å². The molecule has 0 saturated carbocycles. The van der Waals surface area contributed by atoms with Gasteiger partial charge in [-0.3, -0.25) is 18.9 Å². The number of benzene rings is 1. The maximum Gasteiger partial charge on any atom is 0.347 e.